The zero-order chi connectivity index (χ0) is 14.7. The molecule has 9 nitrogen and oxygen atoms in total. The monoisotopic (exact) mass is 294 g/mol. The number of hydrogen-bond acceptors (Lipinski definition) is 7. The maximum absolute atomic E-state index is 10.7. The van der Waals surface area contributed by atoms with Crippen LogP contribution in [0.2, 0.25) is 0 Å². The van der Waals surface area contributed by atoms with E-state index in [0.29, 0.717) is 5.03 Å². The lowest BCUT2D eigenvalue weighted by Crippen LogP contribution is -2.15. The van der Waals surface area contributed by atoms with Gasteiger partial charge in [0.25, 0.3) is 5.69 Å². The number of rotatable bonds is 4. The number of aryl methyl sites for hydroxylation is 1. The van der Waals surface area contributed by atoms with Crippen molar-refractivity contribution in [1.82, 2.24) is 14.8 Å². The van der Waals surface area contributed by atoms with Gasteiger partial charge in [-0.15, -0.1) is 0 Å². The Balaban J connectivity index is 2.43. The Kier molecular flexibility index (Phi) is 3.84. The maximum Gasteiger partial charge on any atom is 0.288 e. The van der Waals surface area contributed by atoms with E-state index in [1.807, 2.05) is 0 Å². The zero-order valence-corrected chi connectivity index (χ0v) is 11.1. The van der Waals surface area contributed by atoms with E-state index in [1.54, 1.807) is 24.1 Å². The van der Waals surface area contributed by atoms with Gasteiger partial charge in [-0.1, -0.05) is 16.9 Å². The van der Waals surface area contributed by atoms with Crippen LogP contribution in [0.25, 0.3) is 0 Å². The van der Waals surface area contributed by atoms with E-state index in [2.05, 4.69) is 15.2 Å². The largest absolute Gasteiger partial charge is 0.409 e. The van der Waals surface area contributed by atoms with Crippen molar-refractivity contribution in [2.24, 2.45) is 17.9 Å². The average molecular weight is 294 g/mol. The van der Waals surface area contributed by atoms with Crippen LogP contribution in [0, 0.1) is 10.1 Å². The minimum atomic E-state index is -0.598. The van der Waals surface area contributed by atoms with E-state index >= 15 is 0 Å². The van der Waals surface area contributed by atoms with Crippen LogP contribution < -0.4 is 5.73 Å². The van der Waals surface area contributed by atoms with Crippen molar-refractivity contribution in [3.63, 3.8) is 0 Å². The van der Waals surface area contributed by atoms with Gasteiger partial charge < -0.3 is 10.9 Å². The number of amidine groups is 1. The number of aromatic nitrogens is 3. The molecule has 0 radical (unpaired) electrons. The molecule has 2 heterocycles. The maximum atomic E-state index is 10.7. The fourth-order valence-corrected chi connectivity index (χ4v) is 2.33. The molecule has 0 aliphatic heterocycles. The Bertz CT molecular complexity index is 683. The molecule has 104 valence electrons. The Morgan fingerprint density at radius 1 is 1.60 bits per heavy atom. The third-order valence-corrected chi connectivity index (χ3v) is 3.29. The number of nitrogens with two attached hydrogens (primary N) is 1. The first kappa shape index (κ1) is 13.8. The predicted octanol–water partition coefficient (Wildman–Crippen LogP) is 0.969. The van der Waals surface area contributed by atoms with Crippen LogP contribution >= 0.6 is 11.8 Å². The summed E-state index contributed by atoms with van der Waals surface area (Å²) < 4.78 is 1.61. The molecule has 10 heteroatoms. The van der Waals surface area contributed by atoms with E-state index in [0.717, 1.165) is 11.1 Å². The van der Waals surface area contributed by atoms with Crippen LogP contribution in [0.5, 0.6) is 0 Å². The highest BCUT2D eigenvalue weighted by Gasteiger charge is 2.16. The summed E-state index contributed by atoms with van der Waals surface area (Å²) in [7, 11) is 1.76. The molecule has 0 saturated carbocycles. The zero-order valence-electron chi connectivity index (χ0n) is 10.3. The molecule has 0 aromatic carbocycles. The van der Waals surface area contributed by atoms with Crippen molar-refractivity contribution in [2.75, 3.05) is 0 Å². The molecule has 3 N–H and O–H groups in total. The number of pyridine rings is 1. The second-order valence-electron chi connectivity index (χ2n) is 3.74. The topological polar surface area (TPSA) is 132 Å². The van der Waals surface area contributed by atoms with E-state index in [4.69, 9.17) is 10.9 Å². The first-order valence-corrected chi connectivity index (χ1v) is 6.11. The molecular weight excluding hydrogens is 284 g/mol. The summed E-state index contributed by atoms with van der Waals surface area (Å²) in [6, 6.07) is 1.21. The van der Waals surface area contributed by atoms with Gasteiger partial charge in [0.1, 0.15) is 11.2 Å². The highest BCUT2D eigenvalue weighted by molar-refractivity contribution is 7.99. The fourth-order valence-electron chi connectivity index (χ4n) is 1.42. The summed E-state index contributed by atoms with van der Waals surface area (Å²) in [4.78, 5) is 14.9. The van der Waals surface area contributed by atoms with Gasteiger partial charge in [-0.05, 0) is 0 Å². The predicted molar refractivity (Wildman–Crippen MR) is 70.7 cm³/mol. The van der Waals surface area contributed by atoms with E-state index < -0.39 is 4.92 Å². The first-order chi connectivity index (χ1) is 9.51. The Morgan fingerprint density at radius 2 is 2.35 bits per heavy atom. The third kappa shape index (κ3) is 2.85. The van der Waals surface area contributed by atoms with Crippen LogP contribution in [0.3, 0.4) is 0 Å². The summed E-state index contributed by atoms with van der Waals surface area (Å²) in [5.74, 6) is -0.243. The highest BCUT2D eigenvalue weighted by Crippen LogP contribution is 2.30. The number of nitrogens with zero attached hydrogens (tertiary/aromatic N) is 5. The van der Waals surface area contributed by atoms with Gasteiger partial charge in [0.15, 0.2) is 5.84 Å². The average Bonchev–Trinajstić information content (AvgIpc) is 2.83. The molecule has 20 heavy (non-hydrogen) atoms. The van der Waals surface area contributed by atoms with Crippen LogP contribution in [-0.4, -0.2) is 30.7 Å². The van der Waals surface area contributed by atoms with E-state index in [9.17, 15) is 10.1 Å². The second-order valence-corrected chi connectivity index (χ2v) is 4.80. The number of hydrogen-bond donors (Lipinski definition) is 2. The third-order valence-electron chi connectivity index (χ3n) is 2.33. The molecule has 0 amide bonds. The molecule has 0 bridgehead atoms. The molecule has 0 unspecified atom stereocenters. The van der Waals surface area contributed by atoms with Crippen molar-refractivity contribution in [2.45, 2.75) is 9.92 Å². The van der Waals surface area contributed by atoms with E-state index in [1.165, 1.54) is 17.8 Å². The highest BCUT2D eigenvalue weighted by atomic mass is 32.2. The van der Waals surface area contributed by atoms with Crippen LogP contribution in [0.4, 0.5) is 5.69 Å². The van der Waals surface area contributed by atoms with Gasteiger partial charge in [0, 0.05) is 19.3 Å². The molecule has 0 spiro atoms. The van der Waals surface area contributed by atoms with Gasteiger partial charge in [0.05, 0.1) is 21.6 Å². The van der Waals surface area contributed by atoms with Gasteiger partial charge in [-0.2, -0.15) is 5.10 Å². The van der Waals surface area contributed by atoms with Crippen LogP contribution in [-0.2, 0) is 7.05 Å². The molecule has 2 aromatic rings. The minimum Gasteiger partial charge on any atom is -0.409 e. The summed E-state index contributed by atoms with van der Waals surface area (Å²) in [6.45, 7) is 0. The lowest BCUT2D eigenvalue weighted by Gasteiger charge is -2.05. The quantitative estimate of drug-likeness (QED) is 0.282. The fraction of sp³-hybridized carbons (Fsp3) is 0.100. The molecule has 0 fully saturated rings. The smallest absolute Gasteiger partial charge is 0.288 e. The summed E-state index contributed by atoms with van der Waals surface area (Å²) in [6.07, 6.45) is 4.49. The van der Waals surface area contributed by atoms with Crippen LogP contribution in [0.1, 0.15) is 5.56 Å². The van der Waals surface area contributed by atoms with Gasteiger partial charge in [0.2, 0.25) is 0 Å². The SMILES string of the molecule is Cn1cc(Sc2ncc([N+](=O)[O-])cc2C(N)=NO)cn1. The van der Waals surface area contributed by atoms with Gasteiger partial charge in [-0.3, -0.25) is 14.8 Å². The summed E-state index contributed by atoms with van der Waals surface area (Å²) in [5.41, 5.74) is 5.48. The molecule has 0 aliphatic carbocycles. The summed E-state index contributed by atoms with van der Waals surface area (Å²) in [5, 5.41) is 26.7. The van der Waals surface area contributed by atoms with Crippen LogP contribution in [0.15, 0.2) is 39.7 Å². The summed E-state index contributed by atoms with van der Waals surface area (Å²) >= 11 is 1.21. The van der Waals surface area contributed by atoms with Gasteiger partial charge >= 0.3 is 0 Å². The van der Waals surface area contributed by atoms with Crippen molar-refractivity contribution >= 4 is 23.3 Å². The number of oxime groups is 1. The molecule has 0 atom stereocenters. The Hall–Kier alpha value is -2.62. The Morgan fingerprint density at radius 3 is 2.90 bits per heavy atom. The lowest BCUT2D eigenvalue weighted by molar-refractivity contribution is -0.385. The molecule has 2 aromatic heterocycles. The minimum absolute atomic E-state index is 0.190. The van der Waals surface area contributed by atoms with Crippen molar-refractivity contribution < 1.29 is 10.1 Å². The first-order valence-electron chi connectivity index (χ1n) is 5.30. The number of nitro groups is 1. The van der Waals surface area contributed by atoms with Crippen molar-refractivity contribution in [3.8, 4) is 0 Å². The molecular formula is C10H10N6O3S. The van der Waals surface area contributed by atoms with Gasteiger partial charge in [-0.25, -0.2) is 4.98 Å². The Labute approximate surface area is 117 Å². The molecule has 0 saturated heterocycles. The molecule has 0 aliphatic rings. The van der Waals surface area contributed by atoms with E-state index in [-0.39, 0.29) is 17.1 Å². The standard InChI is InChI=1S/C10H10N6O3S/c1-15-5-7(4-13-15)20-10-8(9(11)14-17)2-6(3-12-10)16(18)19/h2-5,17H,1H3,(H2,11,14). The van der Waals surface area contributed by atoms with Crippen molar-refractivity contribution in [3.05, 3.63) is 40.3 Å². The molecule has 2 rings (SSSR count). The van der Waals surface area contributed by atoms with Crippen molar-refractivity contribution in [1.29, 1.82) is 0 Å². The normalized spacial score (nSPS) is 11.6. The lowest BCUT2D eigenvalue weighted by atomic mass is 10.2. The second kappa shape index (κ2) is 5.57.